The second kappa shape index (κ2) is 4.32. The van der Waals surface area contributed by atoms with Gasteiger partial charge in [-0.25, -0.2) is 14.5 Å². The van der Waals surface area contributed by atoms with E-state index < -0.39 is 12.1 Å². The second-order valence-corrected chi connectivity index (χ2v) is 2.87. The van der Waals surface area contributed by atoms with Gasteiger partial charge in [0.25, 0.3) is 0 Å². The van der Waals surface area contributed by atoms with Gasteiger partial charge in [0.2, 0.25) is 0 Å². The molecular formula is C9H11N3O3. The predicted octanol–water partition coefficient (Wildman–Crippen LogP) is 0.935. The van der Waals surface area contributed by atoms with Crippen LogP contribution >= 0.6 is 0 Å². The van der Waals surface area contributed by atoms with Crippen molar-refractivity contribution in [2.24, 2.45) is 5.73 Å². The second-order valence-electron chi connectivity index (χ2n) is 2.87. The summed E-state index contributed by atoms with van der Waals surface area (Å²) in [6.07, 6.45) is 0. The summed E-state index contributed by atoms with van der Waals surface area (Å²) in [5, 5.41) is 11.4. The number of hydrogen-bond donors (Lipinski definition) is 3. The van der Waals surface area contributed by atoms with Crippen LogP contribution in [0.3, 0.4) is 0 Å². The van der Waals surface area contributed by atoms with Crippen molar-refractivity contribution in [3.63, 3.8) is 0 Å². The monoisotopic (exact) mass is 209 g/mol. The standard InChI is InChI=1S/C9H11N3O3/c1-12(8(10)14)9(15)11-6-2-4-7(13)5-3-6/h2-5,13H,1H3,(H2,10,14)(H,11,15). The van der Waals surface area contributed by atoms with E-state index in [0.29, 0.717) is 5.69 Å². The molecule has 0 aliphatic heterocycles. The van der Waals surface area contributed by atoms with E-state index in [-0.39, 0.29) is 5.75 Å². The number of hydrogen-bond acceptors (Lipinski definition) is 3. The fraction of sp³-hybridized carbons (Fsp3) is 0.111. The number of amides is 4. The number of nitrogens with two attached hydrogens (primary N) is 1. The van der Waals surface area contributed by atoms with Crippen LogP contribution in [-0.2, 0) is 0 Å². The van der Waals surface area contributed by atoms with E-state index in [1.54, 1.807) is 0 Å². The highest BCUT2D eigenvalue weighted by Gasteiger charge is 2.12. The number of urea groups is 2. The molecule has 0 unspecified atom stereocenters. The van der Waals surface area contributed by atoms with Crippen LogP contribution in [0.1, 0.15) is 0 Å². The number of imide groups is 1. The topological polar surface area (TPSA) is 95.7 Å². The van der Waals surface area contributed by atoms with Crippen LogP contribution in [0.5, 0.6) is 5.75 Å². The number of phenols is 1. The molecule has 0 spiro atoms. The number of phenolic OH excluding ortho intramolecular Hbond substituents is 1. The van der Waals surface area contributed by atoms with Crippen LogP contribution in [0, 0.1) is 0 Å². The SMILES string of the molecule is CN(C(N)=O)C(=O)Nc1ccc(O)cc1. The molecule has 15 heavy (non-hydrogen) atoms. The first-order valence-corrected chi connectivity index (χ1v) is 4.14. The largest absolute Gasteiger partial charge is 0.508 e. The summed E-state index contributed by atoms with van der Waals surface area (Å²) in [6.45, 7) is 0. The first-order valence-electron chi connectivity index (χ1n) is 4.14. The Labute approximate surface area is 86.3 Å². The van der Waals surface area contributed by atoms with Crippen LogP contribution in [-0.4, -0.2) is 29.1 Å². The minimum absolute atomic E-state index is 0.0938. The lowest BCUT2D eigenvalue weighted by Gasteiger charge is -2.13. The molecular weight excluding hydrogens is 198 g/mol. The molecule has 0 saturated heterocycles. The number of anilines is 1. The fourth-order valence-electron chi connectivity index (χ4n) is 0.852. The third kappa shape index (κ3) is 2.87. The molecule has 0 heterocycles. The van der Waals surface area contributed by atoms with E-state index in [1.807, 2.05) is 0 Å². The lowest BCUT2D eigenvalue weighted by molar-refractivity contribution is 0.208. The van der Waals surface area contributed by atoms with E-state index >= 15 is 0 Å². The summed E-state index contributed by atoms with van der Waals surface area (Å²) >= 11 is 0. The van der Waals surface area contributed by atoms with Crippen molar-refractivity contribution < 1.29 is 14.7 Å². The normalized spacial score (nSPS) is 9.40. The lowest BCUT2D eigenvalue weighted by atomic mass is 10.3. The number of rotatable bonds is 1. The summed E-state index contributed by atoms with van der Waals surface area (Å²) in [7, 11) is 1.26. The van der Waals surface area contributed by atoms with Gasteiger partial charge in [-0.15, -0.1) is 0 Å². The van der Waals surface area contributed by atoms with Gasteiger partial charge in [-0.2, -0.15) is 0 Å². The number of benzene rings is 1. The van der Waals surface area contributed by atoms with E-state index in [1.165, 1.54) is 31.3 Å². The zero-order chi connectivity index (χ0) is 11.4. The Kier molecular flexibility index (Phi) is 3.12. The molecule has 0 bridgehead atoms. The Bertz CT molecular complexity index is 375. The van der Waals surface area contributed by atoms with Crippen molar-refractivity contribution in [1.82, 2.24) is 4.90 Å². The molecule has 0 aromatic heterocycles. The number of nitrogens with one attached hydrogen (secondary N) is 1. The van der Waals surface area contributed by atoms with Crippen LogP contribution in [0.2, 0.25) is 0 Å². The molecule has 4 N–H and O–H groups in total. The van der Waals surface area contributed by atoms with Gasteiger partial charge in [-0.3, -0.25) is 0 Å². The first-order chi connectivity index (χ1) is 7.00. The third-order valence-electron chi connectivity index (χ3n) is 1.75. The van der Waals surface area contributed by atoms with Crippen LogP contribution in [0.25, 0.3) is 0 Å². The Morgan fingerprint density at radius 2 is 1.87 bits per heavy atom. The van der Waals surface area contributed by atoms with E-state index in [4.69, 9.17) is 10.8 Å². The molecule has 4 amide bonds. The molecule has 1 rings (SSSR count). The summed E-state index contributed by atoms with van der Waals surface area (Å²) in [5.74, 6) is 0.0938. The summed E-state index contributed by atoms with van der Waals surface area (Å²) in [6, 6.07) is 4.36. The van der Waals surface area contributed by atoms with Crippen molar-refractivity contribution in [3.8, 4) is 5.75 Å². The number of nitrogens with zero attached hydrogens (tertiary/aromatic N) is 1. The quantitative estimate of drug-likeness (QED) is 0.600. The Balaban J connectivity index is 2.66. The molecule has 1 aromatic carbocycles. The van der Waals surface area contributed by atoms with Crippen LogP contribution in [0.15, 0.2) is 24.3 Å². The highest BCUT2D eigenvalue weighted by Crippen LogP contribution is 2.13. The van der Waals surface area contributed by atoms with Gasteiger partial charge in [-0.05, 0) is 24.3 Å². The predicted molar refractivity (Wildman–Crippen MR) is 54.5 cm³/mol. The number of carbonyl (C=O) groups excluding carboxylic acids is 2. The maximum atomic E-state index is 11.3. The molecule has 1 aromatic rings. The third-order valence-corrected chi connectivity index (χ3v) is 1.75. The highest BCUT2D eigenvalue weighted by atomic mass is 16.3. The first kappa shape index (κ1) is 10.8. The molecule has 0 radical (unpaired) electrons. The highest BCUT2D eigenvalue weighted by molar-refractivity contribution is 5.99. The van der Waals surface area contributed by atoms with Crippen LogP contribution < -0.4 is 11.1 Å². The van der Waals surface area contributed by atoms with E-state index in [0.717, 1.165) is 4.90 Å². The maximum Gasteiger partial charge on any atom is 0.329 e. The van der Waals surface area contributed by atoms with E-state index in [2.05, 4.69) is 5.32 Å². The van der Waals surface area contributed by atoms with Crippen molar-refractivity contribution >= 4 is 17.7 Å². The Hall–Kier alpha value is -2.24. The minimum Gasteiger partial charge on any atom is -0.508 e. The van der Waals surface area contributed by atoms with E-state index in [9.17, 15) is 9.59 Å². The Morgan fingerprint density at radius 1 is 1.33 bits per heavy atom. The van der Waals surface area contributed by atoms with Crippen molar-refractivity contribution in [2.75, 3.05) is 12.4 Å². The molecule has 0 aliphatic rings. The number of primary amides is 1. The summed E-state index contributed by atoms with van der Waals surface area (Å²) < 4.78 is 0. The van der Waals surface area contributed by atoms with Gasteiger partial charge in [0.15, 0.2) is 0 Å². The molecule has 80 valence electrons. The lowest BCUT2D eigenvalue weighted by Crippen LogP contribution is -2.40. The van der Waals surface area contributed by atoms with Gasteiger partial charge in [0.1, 0.15) is 5.75 Å². The molecule has 0 fully saturated rings. The smallest absolute Gasteiger partial charge is 0.329 e. The maximum absolute atomic E-state index is 11.3. The molecule has 0 aliphatic carbocycles. The Morgan fingerprint density at radius 3 is 2.33 bits per heavy atom. The number of carbonyl (C=O) groups is 2. The zero-order valence-electron chi connectivity index (χ0n) is 8.10. The molecule has 6 heteroatoms. The van der Waals surface area contributed by atoms with Crippen molar-refractivity contribution in [2.45, 2.75) is 0 Å². The van der Waals surface area contributed by atoms with Crippen molar-refractivity contribution in [3.05, 3.63) is 24.3 Å². The van der Waals surface area contributed by atoms with Gasteiger partial charge >= 0.3 is 12.1 Å². The number of aromatic hydroxyl groups is 1. The zero-order valence-corrected chi connectivity index (χ0v) is 8.10. The van der Waals surface area contributed by atoms with Gasteiger partial charge in [-0.1, -0.05) is 0 Å². The molecule has 6 nitrogen and oxygen atoms in total. The average Bonchev–Trinajstić information content (AvgIpc) is 2.20. The van der Waals surface area contributed by atoms with Crippen molar-refractivity contribution in [1.29, 1.82) is 0 Å². The minimum atomic E-state index is -0.841. The van der Waals surface area contributed by atoms with Gasteiger partial charge < -0.3 is 16.2 Å². The van der Waals surface area contributed by atoms with Crippen LogP contribution in [0.4, 0.5) is 15.3 Å². The summed E-state index contributed by atoms with van der Waals surface area (Å²) in [5.41, 5.74) is 5.36. The molecule has 0 atom stereocenters. The fourth-order valence-corrected chi connectivity index (χ4v) is 0.852. The summed E-state index contributed by atoms with van der Waals surface area (Å²) in [4.78, 5) is 22.7. The molecule has 0 saturated carbocycles. The van der Waals surface area contributed by atoms with Gasteiger partial charge in [0.05, 0.1) is 0 Å². The average molecular weight is 209 g/mol. The van der Waals surface area contributed by atoms with Gasteiger partial charge in [0, 0.05) is 12.7 Å².